The minimum absolute atomic E-state index is 0.258. The molecule has 0 amide bonds. The van der Waals surface area contributed by atoms with Gasteiger partial charge in [-0.05, 0) is 38.1 Å². The van der Waals surface area contributed by atoms with Gasteiger partial charge in [0.15, 0.2) is 0 Å². The van der Waals surface area contributed by atoms with Gasteiger partial charge in [0.2, 0.25) is 5.95 Å². The van der Waals surface area contributed by atoms with E-state index in [-0.39, 0.29) is 6.04 Å². The number of pyridine rings is 2. The van der Waals surface area contributed by atoms with Crippen LogP contribution in [-0.2, 0) is 6.42 Å². The van der Waals surface area contributed by atoms with E-state index in [1.165, 1.54) is 0 Å². The van der Waals surface area contributed by atoms with Crippen molar-refractivity contribution in [2.24, 2.45) is 0 Å². The van der Waals surface area contributed by atoms with Crippen molar-refractivity contribution in [3.63, 3.8) is 0 Å². The van der Waals surface area contributed by atoms with Crippen LogP contribution >= 0.6 is 0 Å². The van der Waals surface area contributed by atoms with Crippen LogP contribution in [0.2, 0.25) is 0 Å². The van der Waals surface area contributed by atoms with E-state index < -0.39 is 0 Å². The van der Waals surface area contributed by atoms with E-state index >= 15 is 0 Å². The molecule has 25 heavy (non-hydrogen) atoms. The monoisotopic (exact) mass is 334 g/mol. The van der Waals surface area contributed by atoms with Crippen LogP contribution in [0.5, 0.6) is 0 Å². The summed E-state index contributed by atoms with van der Waals surface area (Å²) in [5.41, 5.74) is 2.93. The molecule has 0 aromatic carbocycles. The molecule has 0 aliphatic carbocycles. The molecule has 0 fully saturated rings. The van der Waals surface area contributed by atoms with Crippen LogP contribution in [0.1, 0.15) is 19.5 Å². The van der Waals surface area contributed by atoms with E-state index in [9.17, 15) is 0 Å². The van der Waals surface area contributed by atoms with Crippen LogP contribution in [0, 0.1) is 0 Å². The van der Waals surface area contributed by atoms with E-state index in [2.05, 4.69) is 44.4 Å². The SMILES string of the molecule is CC(C)Nc1nc(NCCc2ccccn2)cc(-c2ccncc2)n1. The number of anilines is 2. The van der Waals surface area contributed by atoms with Crippen molar-refractivity contribution < 1.29 is 0 Å². The number of rotatable bonds is 7. The molecule has 0 aliphatic rings. The summed E-state index contributed by atoms with van der Waals surface area (Å²) in [6.45, 7) is 4.89. The fourth-order valence-corrected chi connectivity index (χ4v) is 2.40. The molecule has 0 saturated carbocycles. The van der Waals surface area contributed by atoms with Crippen LogP contribution in [-0.4, -0.2) is 32.5 Å². The lowest BCUT2D eigenvalue weighted by Gasteiger charge is -2.13. The Kier molecular flexibility index (Phi) is 5.51. The van der Waals surface area contributed by atoms with Crippen LogP contribution in [0.4, 0.5) is 11.8 Å². The lowest BCUT2D eigenvalue weighted by atomic mass is 10.2. The molecule has 3 aromatic heterocycles. The van der Waals surface area contributed by atoms with E-state index in [1.807, 2.05) is 42.6 Å². The largest absolute Gasteiger partial charge is 0.369 e. The molecule has 128 valence electrons. The summed E-state index contributed by atoms with van der Waals surface area (Å²) in [5, 5.41) is 6.64. The third kappa shape index (κ3) is 4.97. The van der Waals surface area contributed by atoms with Gasteiger partial charge in [-0.3, -0.25) is 9.97 Å². The Balaban J connectivity index is 1.77. The number of nitrogens with one attached hydrogen (secondary N) is 2. The maximum atomic E-state index is 4.61. The highest BCUT2D eigenvalue weighted by Gasteiger charge is 2.08. The fraction of sp³-hybridized carbons (Fsp3) is 0.263. The summed E-state index contributed by atoms with van der Waals surface area (Å²) < 4.78 is 0. The second-order valence-electron chi connectivity index (χ2n) is 5.99. The van der Waals surface area contributed by atoms with Gasteiger partial charge in [-0.15, -0.1) is 0 Å². The Morgan fingerprint density at radius 2 is 1.84 bits per heavy atom. The van der Waals surface area contributed by atoms with Gasteiger partial charge >= 0.3 is 0 Å². The van der Waals surface area contributed by atoms with Gasteiger partial charge < -0.3 is 10.6 Å². The highest BCUT2D eigenvalue weighted by molar-refractivity contribution is 5.63. The molecule has 3 aromatic rings. The van der Waals surface area contributed by atoms with Crippen molar-refractivity contribution in [1.29, 1.82) is 0 Å². The Morgan fingerprint density at radius 3 is 2.56 bits per heavy atom. The maximum absolute atomic E-state index is 4.61. The molecule has 0 atom stereocenters. The van der Waals surface area contributed by atoms with Crippen molar-refractivity contribution >= 4 is 11.8 Å². The van der Waals surface area contributed by atoms with E-state index in [0.29, 0.717) is 5.95 Å². The topological polar surface area (TPSA) is 75.6 Å². The molecule has 0 aliphatic heterocycles. The van der Waals surface area contributed by atoms with Crippen LogP contribution < -0.4 is 10.6 Å². The first kappa shape index (κ1) is 16.8. The molecule has 0 radical (unpaired) electrons. The zero-order chi connectivity index (χ0) is 17.5. The molecule has 0 bridgehead atoms. The second-order valence-corrected chi connectivity index (χ2v) is 5.99. The van der Waals surface area contributed by atoms with Crippen LogP contribution in [0.25, 0.3) is 11.3 Å². The Bertz CT molecular complexity index is 790. The van der Waals surface area contributed by atoms with E-state index in [1.54, 1.807) is 12.4 Å². The van der Waals surface area contributed by atoms with Crippen molar-refractivity contribution in [3.05, 3.63) is 60.7 Å². The van der Waals surface area contributed by atoms with Gasteiger partial charge in [0.05, 0.1) is 5.69 Å². The van der Waals surface area contributed by atoms with Crippen molar-refractivity contribution in [3.8, 4) is 11.3 Å². The molecule has 0 saturated heterocycles. The summed E-state index contributed by atoms with van der Waals surface area (Å²) in [4.78, 5) is 17.6. The first-order valence-corrected chi connectivity index (χ1v) is 8.40. The summed E-state index contributed by atoms with van der Waals surface area (Å²) in [5.74, 6) is 1.41. The summed E-state index contributed by atoms with van der Waals surface area (Å²) in [6.07, 6.45) is 6.18. The predicted octanol–water partition coefficient (Wildman–Crippen LogP) is 3.41. The van der Waals surface area contributed by atoms with E-state index in [4.69, 9.17) is 0 Å². The summed E-state index contributed by atoms with van der Waals surface area (Å²) >= 11 is 0. The lowest BCUT2D eigenvalue weighted by Crippen LogP contribution is -2.14. The summed E-state index contributed by atoms with van der Waals surface area (Å²) in [7, 11) is 0. The standard InChI is InChI=1S/C19H22N6/c1-14(2)23-19-24-17(15-6-10-20-11-7-15)13-18(25-19)22-12-8-16-5-3-4-9-21-16/h3-7,9-11,13-14H,8,12H2,1-2H3,(H2,22,23,24,25). The Morgan fingerprint density at radius 1 is 1.00 bits per heavy atom. The van der Waals surface area contributed by atoms with Gasteiger partial charge in [0.25, 0.3) is 0 Å². The average molecular weight is 334 g/mol. The Hall–Kier alpha value is -3.02. The van der Waals surface area contributed by atoms with Gasteiger partial charge in [0, 0.05) is 54.9 Å². The predicted molar refractivity (Wildman–Crippen MR) is 100 cm³/mol. The molecular formula is C19H22N6. The molecule has 0 unspecified atom stereocenters. The van der Waals surface area contributed by atoms with Gasteiger partial charge in [-0.1, -0.05) is 6.07 Å². The van der Waals surface area contributed by atoms with Crippen LogP contribution in [0.15, 0.2) is 55.0 Å². The highest BCUT2D eigenvalue weighted by Crippen LogP contribution is 2.21. The number of nitrogens with zero attached hydrogens (tertiary/aromatic N) is 4. The number of aromatic nitrogens is 4. The molecule has 6 heteroatoms. The molecule has 3 heterocycles. The van der Waals surface area contributed by atoms with Crippen molar-refractivity contribution in [2.75, 3.05) is 17.2 Å². The second kappa shape index (κ2) is 8.19. The first-order chi connectivity index (χ1) is 12.2. The lowest BCUT2D eigenvalue weighted by molar-refractivity contribution is 0.873. The molecule has 0 spiro atoms. The van der Waals surface area contributed by atoms with Gasteiger partial charge in [0.1, 0.15) is 5.82 Å². The normalized spacial score (nSPS) is 10.7. The molecular weight excluding hydrogens is 312 g/mol. The number of hydrogen-bond donors (Lipinski definition) is 2. The quantitative estimate of drug-likeness (QED) is 0.689. The molecule has 2 N–H and O–H groups in total. The van der Waals surface area contributed by atoms with Gasteiger partial charge in [-0.25, -0.2) is 4.98 Å². The maximum Gasteiger partial charge on any atom is 0.225 e. The molecule has 6 nitrogen and oxygen atoms in total. The zero-order valence-electron chi connectivity index (χ0n) is 14.5. The third-order valence-corrected chi connectivity index (χ3v) is 3.53. The van der Waals surface area contributed by atoms with Crippen LogP contribution in [0.3, 0.4) is 0 Å². The minimum Gasteiger partial charge on any atom is -0.369 e. The Labute approximate surface area is 147 Å². The molecule has 3 rings (SSSR count). The summed E-state index contributed by atoms with van der Waals surface area (Å²) in [6, 6.07) is 12.0. The smallest absolute Gasteiger partial charge is 0.225 e. The van der Waals surface area contributed by atoms with Crippen molar-refractivity contribution in [2.45, 2.75) is 26.3 Å². The van der Waals surface area contributed by atoms with Gasteiger partial charge in [-0.2, -0.15) is 4.98 Å². The zero-order valence-corrected chi connectivity index (χ0v) is 14.5. The average Bonchev–Trinajstić information content (AvgIpc) is 2.63. The van der Waals surface area contributed by atoms with E-state index in [0.717, 1.165) is 35.7 Å². The number of hydrogen-bond acceptors (Lipinski definition) is 6. The van der Waals surface area contributed by atoms with Crippen molar-refractivity contribution in [1.82, 2.24) is 19.9 Å². The third-order valence-electron chi connectivity index (χ3n) is 3.53. The minimum atomic E-state index is 0.258. The first-order valence-electron chi connectivity index (χ1n) is 8.40. The fourth-order valence-electron chi connectivity index (χ4n) is 2.40. The highest BCUT2D eigenvalue weighted by atomic mass is 15.1.